The maximum atomic E-state index is 12.3. The first-order valence-corrected chi connectivity index (χ1v) is 8.23. The Balaban J connectivity index is 2.17. The zero-order chi connectivity index (χ0) is 14.8. The number of benzene rings is 1. The van der Waals surface area contributed by atoms with Gasteiger partial charge in [-0.2, -0.15) is 0 Å². The summed E-state index contributed by atoms with van der Waals surface area (Å²) in [7, 11) is -3.56. The van der Waals surface area contributed by atoms with E-state index in [0.717, 1.165) is 12.0 Å². The van der Waals surface area contributed by atoms with E-state index in [2.05, 4.69) is 4.72 Å². The van der Waals surface area contributed by atoms with Crippen LogP contribution in [0.4, 0.5) is 0 Å². The lowest BCUT2D eigenvalue weighted by atomic mass is 10.0. The minimum absolute atomic E-state index is 0.165. The maximum Gasteiger partial charge on any atom is 0.240 e. The fourth-order valence-corrected chi connectivity index (χ4v) is 3.70. The van der Waals surface area contributed by atoms with Gasteiger partial charge < -0.3 is 9.84 Å². The van der Waals surface area contributed by atoms with E-state index in [9.17, 15) is 13.5 Å². The monoisotopic (exact) mass is 299 g/mol. The molecule has 1 heterocycles. The van der Waals surface area contributed by atoms with Crippen LogP contribution < -0.4 is 4.72 Å². The lowest BCUT2D eigenvalue weighted by molar-refractivity contribution is 0.180. The second-order valence-electron chi connectivity index (χ2n) is 5.28. The smallest absolute Gasteiger partial charge is 0.240 e. The molecule has 20 heavy (non-hydrogen) atoms. The Morgan fingerprint density at radius 2 is 2.25 bits per heavy atom. The highest BCUT2D eigenvalue weighted by molar-refractivity contribution is 7.89. The van der Waals surface area contributed by atoms with Crippen LogP contribution in [0.15, 0.2) is 23.1 Å². The van der Waals surface area contributed by atoms with Crippen LogP contribution in [-0.2, 0) is 21.4 Å². The topological polar surface area (TPSA) is 75.6 Å². The van der Waals surface area contributed by atoms with Crippen molar-refractivity contribution in [3.8, 4) is 0 Å². The standard InChI is InChI=1S/C14H21NO4S/c1-10-3-4-14(7-13(10)8-16)20(17,18)15-11(2)12-5-6-19-9-12/h3-4,7,11-12,15-16H,5-6,8-9H2,1-2H3. The minimum Gasteiger partial charge on any atom is -0.392 e. The number of ether oxygens (including phenoxy) is 1. The average Bonchev–Trinajstić information content (AvgIpc) is 2.92. The summed E-state index contributed by atoms with van der Waals surface area (Å²) >= 11 is 0. The SMILES string of the molecule is Cc1ccc(S(=O)(=O)NC(C)C2CCOC2)cc1CO. The molecular weight excluding hydrogens is 278 g/mol. The lowest BCUT2D eigenvalue weighted by Gasteiger charge is -2.19. The third-order valence-electron chi connectivity index (χ3n) is 3.81. The number of rotatable bonds is 5. The van der Waals surface area contributed by atoms with E-state index in [1.807, 2.05) is 13.8 Å². The fourth-order valence-electron chi connectivity index (χ4n) is 2.34. The number of aliphatic hydroxyl groups is 1. The van der Waals surface area contributed by atoms with Gasteiger partial charge in [0.25, 0.3) is 0 Å². The Morgan fingerprint density at radius 3 is 2.85 bits per heavy atom. The van der Waals surface area contributed by atoms with Gasteiger partial charge in [0.15, 0.2) is 0 Å². The maximum absolute atomic E-state index is 12.3. The van der Waals surface area contributed by atoms with Crippen molar-refractivity contribution >= 4 is 10.0 Å². The molecule has 1 aromatic carbocycles. The van der Waals surface area contributed by atoms with Crippen LogP contribution in [0.5, 0.6) is 0 Å². The van der Waals surface area contributed by atoms with E-state index < -0.39 is 10.0 Å². The molecule has 1 aliphatic rings. The summed E-state index contributed by atoms with van der Waals surface area (Å²) in [4.78, 5) is 0.193. The number of nitrogens with one attached hydrogen (secondary N) is 1. The minimum atomic E-state index is -3.56. The average molecular weight is 299 g/mol. The van der Waals surface area contributed by atoms with E-state index in [-0.39, 0.29) is 23.5 Å². The predicted octanol–water partition coefficient (Wildman–Crippen LogP) is 1.19. The summed E-state index contributed by atoms with van der Waals surface area (Å²) in [6.07, 6.45) is 0.874. The van der Waals surface area contributed by atoms with Gasteiger partial charge in [-0.05, 0) is 43.5 Å². The second kappa shape index (κ2) is 6.22. The van der Waals surface area contributed by atoms with Gasteiger partial charge in [0.2, 0.25) is 10.0 Å². The van der Waals surface area contributed by atoms with E-state index in [1.54, 1.807) is 12.1 Å². The highest BCUT2D eigenvalue weighted by Crippen LogP contribution is 2.20. The quantitative estimate of drug-likeness (QED) is 0.856. The van der Waals surface area contributed by atoms with Crippen LogP contribution in [0.2, 0.25) is 0 Å². The number of aryl methyl sites for hydroxylation is 1. The van der Waals surface area contributed by atoms with Crippen LogP contribution >= 0.6 is 0 Å². The highest BCUT2D eigenvalue weighted by atomic mass is 32.2. The summed E-state index contributed by atoms with van der Waals surface area (Å²) in [5, 5.41) is 9.23. The number of hydrogen-bond donors (Lipinski definition) is 2. The molecule has 6 heteroatoms. The van der Waals surface area contributed by atoms with Crippen molar-refractivity contribution in [2.75, 3.05) is 13.2 Å². The zero-order valence-electron chi connectivity index (χ0n) is 11.8. The number of aliphatic hydroxyl groups excluding tert-OH is 1. The van der Waals surface area contributed by atoms with Crippen LogP contribution in [0, 0.1) is 12.8 Å². The van der Waals surface area contributed by atoms with Gasteiger partial charge in [-0.1, -0.05) is 6.07 Å². The predicted molar refractivity (Wildman–Crippen MR) is 75.8 cm³/mol. The van der Waals surface area contributed by atoms with E-state index >= 15 is 0 Å². The Bertz CT molecular complexity index is 565. The first-order valence-electron chi connectivity index (χ1n) is 6.74. The van der Waals surface area contributed by atoms with Crippen molar-refractivity contribution in [2.45, 2.75) is 37.8 Å². The first kappa shape index (κ1) is 15.4. The molecule has 1 aliphatic heterocycles. The summed E-state index contributed by atoms with van der Waals surface area (Å²) in [5.41, 5.74) is 1.51. The van der Waals surface area contributed by atoms with Crippen molar-refractivity contribution in [2.24, 2.45) is 5.92 Å². The summed E-state index contributed by atoms with van der Waals surface area (Å²) < 4.78 is 32.7. The molecule has 2 atom stereocenters. The zero-order valence-corrected chi connectivity index (χ0v) is 12.6. The normalized spacial score (nSPS) is 21.1. The first-order chi connectivity index (χ1) is 9.44. The molecule has 0 spiro atoms. The molecule has 2 rings (SSSR count). The van der Waals surface area contributed by atoms with E-state index in [0.29, 0.717) is 18.8 Å². The van der Waals surface area contributed by atoms with Crippen molar-refractivity contribution < 1.29 is 18.3 Å². The molecule has 5 nitrogen and oxygen atoms in total. The molecule has 0 aliphatic carbocycles. The van der Waals surface area contributed by atoms with Gasteiger partial charge >= 0.3 is 0 Å². The van der Waals surface area contributed by atoms with Crippen molar-refractivity contribution in [1.29, 1.82) is 0 Å². The Hall–Kier alpha value is -0.950. The van der Waals surface area contributed by atoms with Crippen molar-refractivity contribution in [3.05, 3.63) is 29.3 Å². The molecule has 2 N–H and O–H groups in total. The van der Waals surface area contributed by atoms with Gasteiger partial charge in [0.05, 0.1) is 18.1 Å². The Kier molecular flexibility index (Phi) is 4.80. The molecule has 0 radical (unpaired) electrons. The van der Waals surface area contributed by atoms with Crippen molar-refractivity contribution in [3.63, 3.8) is 0 Å². The van der Waals surface area contributed by atoms with Gasteiger partial charge in [0, 0.05) is 18.6 Å². The molecule has 0 amide bonds. The molecule has 0 bridgehead atoms. The van der Waals surface area contributed by atoms with Crippen LogP contribution in [0.3, 0.4) is 0 Å². The van der Waals surface area contributed by atoms with E-state index in [1.165, 1.54) is 6.07 Å². The van der Waals surface area contributed by atoms with Gasteiger partial charge in [0.1, 0.15) is 0 Å². The van der Waals surface area contributed by atoms with Crippen molar-refractivity contribution in [1.82, 2.24) is 4.72 Å². The van der Waals surface area contributed by atoms with Crippen LogP contribution in [0.25, 0.3) is 0 Å². The largest absolute Gasteiger partial charge is 0.392 e. The molecular formula is C14H21NO4S. The summed E-state index contributed by atoms with van der Waals surface area (Å²) in [6, 6.07) is 4.63. The second-order valence-corrected chi connectivity index (χ2v) is 6.99. The third-order valence-corrected chi connectivity index (χ3v) is 5.37. The lowest BCUT2D eigenvalue weighted by Crippen LogP contribution is -2.38. The summed E-state index contributed by atoms with van der Waals surface area (Å²) in [6.45, 7) is 4.82. The molecule has 2 unspecified atom stereocenters. The fraction of sp³-hybridized carbons (Fsp3) is 0.571. The molecule has 0 saturated carbocycles. The van der Waals surface area contributed by atoms with Gasteiger partial charge in [-0.15, -0.1) is 0 Å². The molecule has 112 valence electrons. The molecule has 1 saturated heterocycles. The van der Waals surface area contributed by atoms with Gasteiger partial charge in [-0.25, -0.2) is 13.1 Å². The van der Waals surface area contributed by atoms with E-state index in [4.69, 9.17) is 4.74 Å². The Labute approximate surface area is 120 Å². The number of sulfonamides is 1. The Morgan fingerprint density at radius 1 is 1.50 bits per heavy atom. The molecule has 1 fully saturated rings. The van der Waals surface area contributed by atoms with Gasteiger partial charge in [-0.3, -0.25) is 0 Å². The summed E-state index contributed by atoms with van der Waals surface area (Å²) in [5.74, 6) is 0.215. The molecule has 0 aromatic heterocycles. The van der Waals surface area contributed by atoms with Crippen LogP contribution in [-0.4, -0.2) is 32.8 Å². The highest BCUT2D eigenvalue weighted by Gasteiger charge is 2.26. The number of hydrogen-bond acceptors (Lipinski definition) is 4. The van der Waals surface area contributed by atoms with Crippen LogP contribution in [0.1, 0.15) is 24.5 Å². The third kappa shape index (κ3) is 3.38. The molecule has 1 aromatic rings.